The molecular formula is C11H18N2O4. The first-order valence-electron chi connectivity index (χ1n) is 5.79. The second-order valence-corrected chi connectivity index (χ2v) is 5.10. The highest BCUT2D eigenvalue weighted by Gasteiger charge is 2.57. The van der Waals surface area contributed by atoms with Crippen LogP contribution in [0.5, 0.6) is 0 Å². The van der Waals surface area contributed by atoms with Crippen LogP contribution in [0.4, 0.5) is 9.59 Å². The Labute approximate surface area is 100 Å². The summed E-state index contributed by atoms with van der Waals surface area (Å²) >= 11 is 0. The van der Waals surface area contributed by atoms with E-state index in [9.17, 15) is 9.59 Å². The number of nitrogens with two attached hydrogens (primary N) is 1. The summed E-state index contributed by atoms with van der Waals surface area (Å²) in [5.74, 6) is 0.467. The van der Waals surface area contributed by atoms with Gasteiger partial charge in [0.15, 0.2) is 5.60 Å². The third-order valence-corrected chi connectivity index (χ3v) is 3.66. The van der Waals surface area contributed by atoms with E-state index in [4.69, 9.17) is 15.2 Å². The maximum Gasteiger partial charge on any atom is 0.409 e. The molecule has 0 spiro atoms. The van der Waals surface area contributed by atoms with Crippen molar-refractivity contribution in [1.82, 2.24) is 4.90 Å². The molecule has 2 N–H and O–H groups in total. The normalized spacial score (nSPS) is 34.5. The Morgan fingerprint density at radius 3 is 2.65 bits per heavy atom. The smallest absolute Gasteiger partial charge is 0.409 e. The van der Waals surface area contributed by atoms with E-state index < -0.39 is 17.8 Å². The van der Waals surface area contributed by atoms with Crippen LogP contribution in [0.15, 0.2) is 0 Å². The number of primary amides is 1. The van der Waals surface area contributed by atoms with Gasteiger partial charge in [-0.1, -0.05) is 0 Å². The molecule has 0 saturated heterocycles. The Morgan fingerprint density at radius 2 is 2.12 bits per heavy atom. The fourth-order valence-electron chi connectivity index (χ4n) is 2.87. The molecule has 0 radical (unpaired) electrons. The van der Waals surface area contributed by atoms with Crippen LogP contribution < -0.4 is 5.73 Å². The number of carbonyl (C=O) groups excluding carboxylic acids is 2. The molecule has 0 aliphatic heterocycles. The number of hydrogen-bond acceptors (Lipinski definition) is 4. The standard InChI is InChI=1S/C11H18N2O4/c1-13(2)10(15)17-11-4-3-7(6-11)5-8(11)16-9(12)14/h7-8H,3-6H2,1-2H3,(H2,12,14). The van der Waals surface area contributed by atoms with E-state index in [1.165, 1.54) is 4.90 Å². The molecule has 2 aliphatic rings. The van der Waals surface area contributed by atoms with Gasteiger partial charge in [0.2, 0.25) is 0 Å². The molecule has 6 nitrogen and oxygen atoms in total. The molecule has 96 valence electrons. The van der Waals surface area contributed by atoms with Crippen molar-refractivity contribution in [3.05, 3.63) is 0 Å². The first-order valence-corrected chi connectivity index (χ1v) is 5.79. The highest BCUT2D eigenvalue weighted by molar-refractivity contribution is 5.68. The van der Waals surface area contributed by atoms with E-state index in [-0.39, 0.29) is 6.10 Å². The van der Waals surface area contributed by atoms with Crippen LogP contribution in [-0.2, 0) is 9.47 Å². The Morgan fingerprint density at radius 1 is 1.41 bits per heavy atom. The van der Waals surface area contributed by atoms with Crippen molar-refractivity contribution in [3.8, 4) is 0 Å². The first-order chi connectivity index (χ1) is 7.93. The molecule has 2 fully saturated rings. The van der Waals surface area contributed by atoms with Crippen molar-refractivity contribution < 1.29 is 19.1 Å². The summed E-state index contributed by atoms with van der Waals surface area (Å²) < 4.78 is 10.6. The van der Waals surface area contributed by atoms with Gasteiger partial charge in [0.25, 0.3) is 0 Å². The predicted octanol–water partition coefficient (Wildman–Crippen LogP) is 1.09. The van der Waals surface area contributed by atoms with E-state index in [0.29, 0.717) is 5.92 Å². The average Bonchev–Trinajstić information content (AvgIpc) is 2.73. The average molecular weight is 242 g/mol. The summed E-state index contributed by atoms with van der Waals surface area (Å²) in [4.78, 5) is 23.9. The Kier molecular flexibility index (Phi) is 2.89. The van der Waals surface area contributed by atoms with Crippen molar-refractivity contribution >= 4 is 12.2 Å². The summed E-state index contributed by atoms with van der Waals surface area (Å²) in [5.41, 5.74) is 4.39. The van der Waals surface area contributed by atoms with Crippen LogP contribution in [-0.4, -0.2) is 42.9 Å². The summed E-state index contributed by atoms with van der Waals surface area (Å²) in [6.45, 7) is 0. The zero-order valence-corrected chi connectivity index (χ0v) is 10.1. The van der Waals surface area contributed by atoms with Gasteiger partial charge in [-0.3, -0.25) is 0 Å². The number of carbonyl (C=O) groups is 2. The molecule has 6 heteroatoms. The highest BCUT2D eigenvalue weighted by atomic mass is 16.6. The van der Waals surface area contributed by atoms with Crippen LogP contribution in [0.25, 0.3) is 0 Å². The van der Waals surface area contributed by atoms with Gasteiger partial charge in [-0.05, 0) is 31.6 Å². The van der Waals surface area contributed by atoms with Gasteiger partial charge in [-0.2, -0.15) is 0 Å². The van der Waals surface area contributed by atoms with Gasteiger partial charge in [-0.25, -0.2) is 9.59 Å². The lowest BCUT2D eigenvalue weighted by Gasteiger charge is -2.34. The van der Waals surface area contributed by atoms with Gasteiger partial charge >= 0.3 is 12.2 Å². The highest BCUT2D eigenvalue weighted by Crippen LogP contribution is 2.51. The molecule has 2 saturated carbocycles. The fourth-order valence-corrected chi connectivity index (χ4v) is 2.87. The first kappa shape index (κ1) is 12.0. The monoisotopic (exact) mass is 242 g/mol. The van der Waals surface area contributed by atoms with Crippen molar-refractivity contribution in [2.24, 2.45) is 11.7 Å². The van der Waals surface area contributed by atoms with Crippen LogP contribution in [0.3, 0.4) is 0 Å². The third-order valence-electron chi connectivity index (χ3n) is 3.66. The van der Waals surface area contributed by atoms with Crippen LogP contribution >= 0.6 is 0 Å². The maximum atomic E-state index is 11.6. The van der Waals surface area contributed by atoms with E-state index in [2.05, 4.69) is 0 Å². The number of amides is 2. The summed E-state index contributed by atoms with van der Waals surface area (Å²) in [6, 6.07) is 0. The number of nitrogens with zero attached hydrogens (tertiary/aromatic N) is 1. The topological polar surface area (TPSA) is 81.9 Å². The molecule has 2 amide bonds. The molecule has 0 aromatic heterocycles. The lowest BCUT2D eigenvalue weighted by Crippen LogP contribution is -2.46. The molecule has 0 heterocycles. The molecule has 2 aliphatic carbocycles. The van der Waals surface area contributed by atoms with Gasteiger partial charge < -0.3 is 20.1 Å². The quantitative estimate of drug-likeness (QED) is 0.785. The minimum absolute atomic E-state index is 0.386. The van der Waals surface area contributed by atoms with E-state index in [0.717, 1.165) is 25.7 Å². The Hall–Kier alpha value is -1.46. The van der Waals surface area contributed by atoms with Crippen molar-refractivity contribution in [3.63, 3.8) is 0 Å². The van der Waals surface area contributed by atoms with E-state index in [1.54, 1.807) is 14.1 Å². The zero-order chi connectivity index (χ0) is 12.6. The number of rotatable bonds is 2. The Balaban J connectivity index is 2.09. The molecule has 2 bridgehead atoms. The van der Waals surface area contributed by atoms with Gasteiger partial charge in [0.05, 0.1) is 0 Å². The minimum Gasteiger partial charge on any atom is -0.442 e. The SMILES string of the molecule is CN(C)C(=O)OC12CCC(CC1OC(N)=O)C2. The van der Waals surface area contributed by atoms with Crippen LogP contribution in [0.2, 0.25) is 0 Å². The fraction of sp³-hybridized carbons (Fsp3) is 0.818. The second kappa shape index (κ2) is 4.09. The van der Waals surface area contributed by atoms with E-state index >= 15 is 0 Å². The van der Waals surface area contributed by atoms with Crippen molar-refractivity contribution in [1.29, 1.82) is 0 Å². The van der Waals surface area contributed by atoms with Gasteiger partial charge in [0.1, 0.15) is 6.10 Å². The second-order valence-electron chi connectivity index (χ2n) is 5.10. The molecule has 2 rings (SSSR count). The predicted molar refractivity (Wildman–Crippen MR) is 59.3 cm³/mol. The van der Waals surface area contributed by atoms with Crippen molar-refractivity contribution in [2.75, 3.05) is 14.1 Å². The van der Waals surface area contributed by atoms with Crippen molar-refractivity contribution in [2.45, 2.75) is 37.4 Å². The Bertz CT molecular complexity index is 344. The number of ether oxygens (including phenoxy) is 2. The number of fused-ring (bicyclic) bond motifs is 2. The molecule has 17 heavy (non-hydrogen) atoms. The molecule has 3 atom stereocenters. The molecular weight excluding hydrogens is 224 g/mol. The largest absolute Gasteiger partial charge is 0.442 e. The van der Waals surface area contributed by atoms with Crippen LogP contribution in [0, 0.1) is 5.92 Å². The third kappa shape index (κ3) is 2.16. The molecule has 0 aromatic carbocycles. The zero-order valence-electron chi connectivity index (χ0n) is 10.1. The minimum atomic E-state index is -0.803. The lowest BCUT2D eigenvalue weighted by atomic mass is 9.93. The van der Waals surface area contributed by atoms with Gasteiger partial charge in [0, 0.05) is 14.1 Å². The van der Waals surface area contributed by atoms with Gasteiger partial charge in [-0.15, -0.1) is 0 Å². The molecule has 3 unspecified atom stereocenters. The maximum absolute atomic E-state index is 11.6. The number of hydrogen-bond donors (Lipinski definition) is 1. The van der Waals surface area contributed by atoms with E-state index in [1.807, 2.05) is 0 Å². The molecule has 0 aromatic rings. The van der Waals surface area contributed by atoms with Crippen LogP contribution in [0.1, 0.15) is 25.7 Å². The summed E-state index contributed by atoms with van der Waals surface area (Å²) in [7, 11) is 3.26. The summed E-state index contributed by atoms with van der Waals surface area (Å²) in [6.07, 6.45) is 1.68. The summed E-state index contributed by atoms with van der Waals surface area (Å²) in [5, 5.41) is 0. The lowest BCUT2D eigenvalue weighted by molar-refractivity contribution is -0.0757.